The number of aliphatic carboxylic acids is 1. The van der Waals surface area contributed by atoms with Gasteiger partial charge < -0.3 is 10.4 Å². The van der Waals surface area contributed by atoms with Gasteiger partial charge in [0.15, 0.2) is 0 Å². The molecule has 4 fully saturated rings. The van der Waals surface area contributed by atoms with Crippen LogP contribution in [0.25, 0.3) is 0 Å². The molecule has 2 unspecified atom stereocenters. The van der Waals surface area contributed by atoms with E-state index in [1.54, 1.807) is 0 Å². The summed E-state index contributed by atoms with van der Waals surface area (Å²) in [7, 11) is 0. The second kappa shape index (κ2) is 5.58. The SMILES string of the molecule is CC(C)(C(=O)NC1C2CC3CC1CC(C(=O)O)(C3)C2)c1ccccc1. The molecular weight excluding hydrogens is 314 g/mol. The summed E-state index contributed by atoms with van der Waals surface area (Å²) in [6, 6.07) is 10.0. The van der Waals surface area contributed by atoms with Crippen molar-refractivity contribution >= 4 is 11.9 Å². The zero-order valence-corrected chi connectivity index (χ0v) is 15.0. The van der Waals surface area contributed by atoms with Crippen molar-refractivity contribution in [3.63, 3.8) is 0 Å². The Hall–Kier alpha value is -1.84. The fourth-order valence-electron chi connectivity index (χ4n) is 5.84. The van der Waals surface area contributed by atoms with Crippen LogP contribution in [0, 0.1) is 23.2 Å². The minimum Gasteiger partial charge on any atom is -0.481 e. The molecule has 4 bridgehead atoms. The molecule has 0 aromatic heterocycles. The third-order valence-corrected chi connectivity index (χ3v) is 7.09. The second-order valence-electron chi connectivity index (χ2n) is 9.05. The lowest BCUT2D eigenvalue weighted by Gasteiger charge is -2.58. The average Bonchev–Trinajstić information content (AvgIpc) is 2.58. The molecule has 0 spiro atoms. The molecule has 4 heteroatoms. The third-order valence-electron chi connectivity index (χ3n) is 7.09. The minimum atomic E-state index is -0.624. The lowest BCUT2D eigenvalue weighted by atomic mass is 9.48. The number of carbonyl (C=O) groups excluding carboxylic acids is 1. The number of amides is 1. The average molecular weight is 341 g/mol. The van der Waals surface area contributed by atoms with E-state index in [0.717, 1.165) is 37.7 Å². The number of carboxylic acids is 1. The van der Waals surface area contributed by atoms with Gasteiger partial charge in [-0.3, -0.25) is 9.59 Å². The zero-order valence-electron chi connectivity index (χ0n) is 15.0. The van der Waals surface area contributed by atoms with Crippen LogP contribution in [0.4, 0.5) is 0 Å². The summed E-state index contributed by atoms with van der Waals surface area (Å²) in [6.07, 6.45) is 4.44. The van der Waals surface area contributed by atoms with E-state index in [2.05, 4.69) is 5.32 Å². The first kappa shape index (κ1) is 16.6. The largest absolute Gasteiger partial charge is 0.481 e. The lowest BCUT2D eigenvalue weighted by molar-refractivity contribution is -0.168. The van der Waals surface area contributed by atoms with Gasteiger partial charge in [0.2, 0.25) is 5.91 Å². The van der Waals surface area contributed by atoms with E-state index >= 15 is 0 Å². The monoisotopic (exact) mass is 341 g/mol. The Morgan fingerprint density at radius 2 is 1.68 bits per heavy atom. The summed E-state index contributed by atoms with van der Waals surface area (Å²) in [5.41, 5.74) is -0.0917. The molecular formula is C21H27NO3. The van der Waals surface area contributed by atoms with E-state index in [4.69, 9.17) is 0 Å². The topological polar surface area (TPSA) is 66.4 Å². The van der Waals surface area contributed by atoms with E-state index in [1.165, 1.54) is 0 Å². The van der Waals surface area contributed by atoms with Crippen LogP contribution in [-0.2, 0) is 15.0 Å². The number of carboxylic acid groups (broad SMARTS) is 1. The van der Waals surface area contributed by atoms with Crippen LogP contribution in [0.3, 0.4) is 0 Å². The first-order valence-electron chi connectivity index (χ1n) is 9.42. The van der Waals surface area contributed by atoms with Crippen molar-refractivity contribution in [1.82, 2.24) is 5.32 Å². The van der Waals surface area contributed by atoms with Gasteiger partial charge in [0.1, 0.15) is 0 Å². The molecule has 4 saturated carbocycles. The highest BCUT2D eigenvalue weighted by atomic mass is 16.4. The number of benzene rings is 1. The maximum Gasteiger partial charge on any atom is 0.309 e. The number of rotatable bonds is 4. The summed E-state index contributed by atoms with van der Waals surface area (Å²) in [5, 5.41) is 13.1. The Bertz CT molecular complexity index is 680. The van der Waals surface area contributed by atoms with Crippen LogP contribution >= 0.6 is 0 Å². The van der Waals surface area contributed by atoms with E-state index in [-0.39, 0.29) is 11.9 Å². The summed E-state index contributed by atoms with van der Waals surface area (Å²) in [5.74, 6) is 0.599. The van der Waals surface area contributed by atoms with Gasteiger partial charge in [0, 0.05) is 6.04 Å². The number of carbonyl (C=O) groups is 2. The maximum absolute atomic E-state index is 13.0. The van der Waals surface area contributed by atoms with Crippen molar-refractivity contribution in [3.8, 4) is 0 Å². The Morgan fingerprint density at radius 1 is 1.08 bits per heavy atom. The van der Waals surface area contributed by atoms with E-state index in [0.29, 0.717) is 17.8 Å². The molecule has 1 aromatic rings. The van der Waals surface area contributed by atoms with Crippen LogP contribution < -0.4 is 5.32 Å². The lowest BCUT2D eigenvalue weighted by Crippen LogP contribution is -2.62. The van der Waals surface area contributed by atoms with Gasteiger partial charge in [0.25, 0.3) is 0 Å². The van der Waals surface area contributed by atoms with E-state index in [1.807, 2.05) is 44.2 Å². The van der Waals surface area contributed by atoms with Crippen molar-refractivity contribution in [2.75, 3.05) is 0 Å². The molecule has 0 saturated heterocycles. The summed E-state index contributed by atoms with van der Waals surface area (Å²) >= 11 is 0. The van der Waals surface area contributed by atoms with E-state index in [9.17, 15) is 14.7 Å². The highest BCUT2D eigenvalue weighted by molar-refractivity contribution is 5.87. The molecule has 0 heterocycles. The van der Waals surface area contributed by atoms with Crippen molar-refractivity contribution in [2.24, 2.45) is 23.2 Å². The molecule has 1 aromatic carbocycles. The quantitative estimate of drug-likeness (QED) is 0.882. The Balaban J connectivity index is 1.53. The van der Waals surface area contributed by atoms with Gasteiger partial charge in [-0.1, -0.05) is 30.3 Å². The highest BCUT2D eigenvalue weighted by Crippen LogP contribution is 2.60. The Kier molecular flexibility index (Phi) is 3.71. The van der Waals surface area contributed by atoms with Crippen LogP contribution in [-0.4, -0.2) is 23.0 Å². The van der Waals surface area contributed by atoms with E-state index < -0.39 is 16.8 Å². The predicted octanol–water partition coefficient (Wildman–Crippen LogP) is 3.36. The van der Waals surface area contributed by atoms with Crippen molar-refractivity contribution < 1.29 is 14.7 Å². The smallest absolute Gasteiger partial charge is 0.309 e. The standard InChI is InChI=1S/C21H27NO3/c1-20(2,16-6-4-3-5-7-16)18(23)22-17-14-8-13-9-15(17)12-21(10-13,11-14)19(24)25/h3-7,13-15,17H,8-12H2,1-2H3,(H,22,23)(H,24,25). The van der Waals surface area contributed by atoms with Crippen molar-refractivity contribution in [1.29, 1.82) is 0 Å². The second-order valence-corrected chi connectivity index (χ2v) is 9.05. The van der Waals surface area contributed by atoms with Gasteiger partial charge in [-0.15, -0.1) is 0 Å². The maximum atomic E-state index is 13.0. The number of nitrogens with one attached hydrogen (secondary N) is 1. The first-order valence-corrected chi connectivity index (χ1v) is 9.42. The molecule has 4 aliphatic rings. The van der Waals surface area contributed by atoms with Gasteiger partial charge in [-0.2, -0.15) is 0 Å². The summed E-state index contributed by atoms with van der Waals surface area (Å²) < 4.78 is 0. The number of hydrogen-bond acceptors (Lipinski definition) is 2. The molecule has 0 radical (unpaired) electrons. The summed E-state index contributed by atoms with van der Waals surface area (Å²) in [6.45, 7) is 3.93. The molecule has 4 aliphatic carbocycles. The van der Waals surface area contributed by atoms with Crippen LogP contribution in [0.5, 0.6) is 0 Å². The van der Waals surface area contributed by atoms with Gasteiger partial charge in [-0.25, -0.2) is 0 Å². The number of hydrogen-bond donors (Lipinski definition) is 2. The van der Waals surface area contributed by atoms with Gasteiger partial charge in [-0.05, 0) is 69.3 Å². The van der Waals surface area contributed by atoms with Crippen LogP contribution in [0.2, 0.25) is 0 Å². The molecule has 5 rings (SSSR count). The van der Waals surface area contributed by atoms with Gasteiger partial charge in [0.05, 0.1) is 10.8 Å². The highest BCUT2D eigenvalue weighted by Gasteiger charge is 2.59. The molecule has 2 atom stereocenters. The van der Waals surface area contributed by atoms with Gasteiger partial charge >= 0.3 is 5.97 Å². The van der Waals surface area contributed by atoms with Crippen molar-refractivity contribution in [3.05, 3.63) is 35.9 Å². The molecule has 2 N–H and O–H groups in total. The summed E-state index contributed by atoms with van der Waals surface area (Å²) in [4.78, 5) is 24.9. The molecule has 1 amide bonds. The fraction of sp³-hybridized carbons (Fsp3) is 0.619. The Labute approximate surface area is 149 Å². The fourth-order valence-corrected chi connectivity index (χ4v) is 5.84. The van der Waals surface area contributed by atoms with Crippen molar-refractivity contribution in [2.45, 2.75) is 57.4 Å². The molecule has 0 aliphatic heterocycles. The Morgan fingerprint density at radius 3 is 2.24 bits per heavy atom. The predicted molar refractivity (Wildman–Crippen MR) is 95.0 cm³/mol. The first-order chi connectivity index (χ1) is 11.8. The van der Waals surface area contributed by atoms with Crippen LogP contribution in [0.15, 0.2) is 30.3 Å². The molecule has 134 valence electrons. The van der Waals surface area contributed by atoms with Crippen LogP contribution in [0.1, 0.15) is 51.5 Å². The molecule has 4 nitrogen and oxygen atoms in total. The molecule has 25 heavy (non-hydrogen) atoms. The zero-order chi connectivity index (χ0) is 17.8. The third kappa shape index (κ3) is 2.57. The normalized spacial score (nSPS) is 36.2. The minimum absolute atomic E-state index is 0.0561.